The zero-order valence-corrected chi connectivity index (χ0v) is 15.6. The van der Waals surface area contributed by atoms with E-state index in [1.165, 1.54) is 31.2 Å². The quantitative estimate of drug-likeness (QED) is 0.352. The van der Waals surface area contributed by atoms with Gasteiger partial charge in [-0.2, -0.15) is 0 Å². The summed E-state index contributed by atoms with van der Waals surface area (Å²) in [6.45, 7) is 4.02. The molecule has 0 aliphatic heterocycles. The van der Waals surface area contributed by atoms with Crippen molar-refractivity contribution in [2.24, 2.45) is 0 Å². The summed E-state index contributed by atoms with van der Waals surface area (Å²) in [5, 5.41) is 1.55. The number of benzene rings is 3. The van der Waals surface area contributed by atoms with Crippen molar-refractivity contribution in [2.75, 3.05) is 0 Å². The third-order valence-corrected chi connectivity index (χ3v) is 4.77. The Kier molecular flexibility index (Phi) is 6.08. The second-order valence-corrected chi connectivity index (χ2v) is 6.89. The van der Waals surface area contributed by atoms with Crippen molar-refractivity contribution in [3.05, 3.63) is 82.7 Å². The number of fused-ring (bicyclic) bond motifs is 1. The molecular weight excluding hydrogens is 319 g/mol. The van der Waals surface area contributed by atoms with Crippen molar-refractivity contribution in [1.82, 2.24) is 0 Å². The van der Waals surface area contributed by atoms with Gasteiger partial charge in [0.2, 0.25) is 0 Å². The van der Waals surface area contributed by atoms with Gasteiger partial charge in [0.1, 0.15) is 5.82 Å². The van der Waals surface area contributed by atoms with Gasteiger partial charge in [-0.25, -0.2) is 4.39 Å². The first kappa shape index (κ1) is 18.2. The van der Waals surface area contributed by atoms with Gasteiger partial charge in [-0.05, 0) is 60.5 Å². The molecule has 3 aromatic rings. The lowest BCUT2D eigenvalue weighted by atomic mass is 10.0. The normalized spacial score (nSPS) is 10.6. The molecule has 0 aliphatic rings. The summed E-state index contributed by atoms with van der Waals surface area (Å²) in [6, 6.07) is 18.0. The van der Waals surface area contributed by atoms with E-state index >= 15 is 0 Å². The maximum Gasteiger partial charge on any atom is 0.133 e. The van der Waals surface area contributed by atoms with Gasteiger partial charge in [-0.1, -0.05) is 68.4 Å². The molecule has 132 valence electrons. The fraction of sp³-hybridized carbons (Fsp3) is 0.280. The SMILES string of the molecule is CCCCCCc1ccc(C#Cc2ccc3c(F)c(C)ccc3c2)cc1. The largest absolute Gasteiger partial charge is 0.206 e. The molecule has 0 aromatic heterocycles. The van der Waals surface area contributed by atoms with Crippen LogP contribution >= 0.6 is 0 Å². The van der Waals surface area contributed by atoms with Crippen LogP contribution in [0.2, 0.25) is 0 Å². The van der Waals surface area contributed by atoms with Crippen LogP contribution in [0.25, 0.3) is 10.8 Å². The molecule has 0 saturated carbocycles. The highest BCUT2D eigenvalue weighted by molar-refractivity contribution is 5.85. The Morgan fingerprint density at radius 2 is 1.54 bits per heavy atom. The Morgan fingerprint density at radius 1 is 0.808 bits per heavy atom. The second-order valence-electron chi connectivity index (χ2n) is 6.89. The van der Waals surface area contributed by atoms with Crippen molar-refractivity contribution < 1.29 is 4.39 Å². The fourth-order valence-electron chi connectivity index (χ4n) is 3.13. The summed E-state index contributed by atoms with van der Waals surface area (Å²) in [7, 11) is 0. The van der Waals surface area contributed by atoms with Crippen molar-refractivity contribution in [3.8, 4) is 11.8 Å². The van der Waals surface area contributed by atoms with Gasteiger partial charge in [-0.3, -0.25) is 0 Å². The van der Waals surface area contributed by atoms with Crippen LogP contribution in [0.1, 0.15) is 54.9 Å². The van der Waals surface area contributed by atoms with E-state index in [2.05, 4.69) is 43.0 Å². The Bertz CT molecular complexity index is 940. The van der Waals surface area contributed by atoms with E-state index in [1.54, 1.807) is 6.92 Å². The molecule has 0 spiro atoms. The topological polar surface area (TPSA) is 0 Å². The van der Waals surface area contributed by atoms with Crippen molar-refractivity contribution in [3.63, 3.8) is 0 Å². The van der Waals surface area contributed by atoms with Crippen molar-refractivity contribution in [2.45, 2.75) is 46.0 Å². The zero-order valence-electron chi connectivity index (χ0n) is 15.6. The molecule has 0 heterocycles. The summed E-state index contributed by atoms with van der Waals surface area (Å²) in [5.41, 5.74) is 3.97. The molecule has 1 heteroatoms. The Balaban J connectivity index is 1.71. The molecule has 0 unspecified atom stereocenters. The van der Waals surface area contributed by atoms with Crippen LogP contribution in [0.15, 0.2) is 54.6 Å². The number of rotatable bonds is 5. The van der Waals surface area contributed by atoms with Crippen LogP contribution in [0.4, 0.5) is 4.39 Å². The molecule has 3 aromatic carbocycles. The lowest BCUT2D eigenvalue weighted by molar-refractivity contribution is 0.631. The lowest BCUT2D eigenvalue weighted by Crippen LogP contribution is -1.87. The lowest BCUT2D eigenvalue weighted by Gasteiger charge is -2.03. The number of unbranched alkanes of at least 4 members (excludes halogenated alkanes) is 3. The van der Waals surface area contributed by atoms with Crippen LogP contribution in [0.5, 0.6) is 0 Å². The first-order chi connectivity index (χ1) is 12.7. The predicted molar refractivity (Wildman–Crippen MR) is 109 cm³/mol. The second kappa shape index (κ2) is 8.68. The highest BCUT2D eigenvalue weighted by Gasteiger charge is 2.03. The van der Waals surface area contributed by atoms with E-state index in [9.17, 15) is 4.39 Å². The van der Waals surface area contributed by atoms with Gasteiger partial charge in [0.05, 0.1) is 0 Å². The highest BCUT2D eigenvalue weighted by Crippen LogP contribution is 2.21. The van der Waals surface area contributed by atoms with Gasteiger partial charge in [0.25, 0.3) is 0 Å². The molecule has 0 amide bonds. The van der Waals surface area contributed by atoms with E-state index in [1.807, 2.05) is 30.3 Å². The van der Waals surface area contributed by atoms with E-state index in [0.29, 0.717) is 10.9 Å². The van der Waals surface area contributed by atoms with E-state index in [4.69, 9.17) is 0 Å². The van der Waals surface area contributed by atoms with Gasteiger partial charge in [-0.15, -0.1) is 0 Å². The van der Waals surface area contributed by atoms with Crippen LogP contribution < -0.4 is 0 Å². The van der Waals surface area contributed by atoms with Gasteiger partial charge >= 0.3 is 0 Å². The molecule has 0 atom stereocenters. The monoisotopic (exact) mass is 344 g/mol. The van der Waals surface area contributed by atoms with Crippen LogP contribution in [-0.4, -0.2) is 0 Å². The molecule has 0 saturated heterocycles. The number of hydrogen-bond donors (Lipinski definition) is 0. The summed E-state index contributed by atoms with van der Waals surface area (Å²) in [4.78, 5) is 0. The zero-order chi connectivity index (χ0) is 18.4. The highest BCUT2D eigenvalue weighted by atomic mass is 19.1. The maximum atomic E-state index is 14.1. The first-order valence-electron chi connectivity index (χ1n) is 9.47. The minimum Gasteiger partial charge on any atom is -0.206 e. The third kappa shape index (κ3) is 4.52. The van der Waals surface area contributed by atoms with E-state index < -0.39 is 0 Å². The van der Waals surface area contributed by atoms with Crippen LogP contribution in [0, 0.1) is 24.6 Å². The average Bonchev–Trinajstić information content (AvgIpc) is 2.67. The van der Waals surface area contributed by atoms with Gasteiger partial charge < -0.3 is 0 Å². The minimum absolute atomic E-state index is 0.142. The van der Waals surface area contributed by atoms with Gasteiger partial charge in [0.15, 0.2) is 0 Å². The summed E-state index contributed by atoms with van der Waals surface area (Å²) >= 11 is 0. The number of halogens is 1. The average molecular weight is 344 g/mol. The maximum absolute atomic E-state index is 14.1. The minimum atomic E-state index is -0.142. The summed E-state index contributed by atoms with van der Waals surface area (Å²) in [5.74, 6) is 6.26. The molecule has 0 aliphatic carbocycles. The van der Waals surface area contributed by atoms with Crippen LogP contribution in [0.3, 0.4) is 0 Å². The fourth-order valence-corrected chi connectivity index (χ4v) is 3.13. The molecule has 0 fully saturated rings. The molecule has 0 nitrogen and oxygen atoms in total. The molecule has 0 N–H and O–H groups in total. The first-order valence-corrected chi connectivity index (χ1v) is 9.47. The van der Waals surface area contributed by atoms with Gasteiger partial charge in [0, 0.05) is 16.5 Å². The summed E-state index contributed by atoms with van der Waals surface area (Å²) < 4.78 is 14.1. The standard InChI is InChI=1S/C25H25F/c1-3-4-5-6-7-20-9-11-21(12-10-20)13-14-22-15-17-24-23(18-22)16-8-19(2)25(24)26/h8-12,15-18H,3-7H2,1-2H3. The predicted octanol–water partition coefficient (Wildman–Crippen LogP) is 6.81. The molecule has 0 radical (unpaired) electrons. The molecule has 26 heavy (non-hydrogen) atoms. The van der Waals surface area contributed by atoms with E-state index in [0.717, 1.165) is 22.9 Å². The van der Waals surface area contributed by atoms with Crippen molar-refractivity contribution in [1.29, 1.82) is 0 Å². The van der Waals surface area contributed by atoms with E-state index in [-0.39, 0.29) is 5.82 Å². The number of hydrogen-bond acceptors (Lipinski definition) is 0. The Hall–Kier alpha value is -2.59. The molecule has 0 bridgehead atoms. The summed E-state index contributed by atoms with van der Waals surface area (Å²) in [6.07, 6.45) is 6.30. The smallest absolute Gasteiger partial charge is 0.133 e. The van der Waals surface area contributed by atoms with Crippen LogP contribution in [-0.2, 0) is 6.42 Å². The third-order valence-electron chi connectivity index (χ3n) is 4.77. The van der Waals surface area contributed by atoms with Crippen molar-refractivity contribution >= 4 is 10.8 Å². The Morgan fingerprint density at radius 3 is 2.31 bits per heavy atom. The molecular formula is C25H25F. The Labute approximate surface area is 156 Å². The molecule has 3 rings (SSSR count). The number of aryl methyl sites for hydroxylation is 2.